The number of hydrogen-bond donors (Lipinski definition) is 2. The Kier molecular flexibility index (Phi) is 8.07. The number of rotatable bonds is 4. The van der Waals surface area contributed by atoms with Crippen LogP contribution in [0.4, 0.5) is 0 Å². The molecule has 4 heteroatoms. The number of nitrogens with one attached hydrogen (secondary N) is 1. The summed E-state index contributed by atoms with van der Waals surface area (Å²) in [6.07, 6.45) is 1.91. The summed E-state index contributed by atoms with van der Waals surface area (Å²) in [5, 5.41) is 2.96. The summed E-state index contributed by atoms with van der Waals surface area (Å²) in [4.78, 5) is 11.7. The largest absolute Gasteiger partial charge is 0.352 e. The van der Waals surface area contributed by atoms with Crippen LogP contribution in [-0.4, -0.2) is 18.0 Å². The van der Waals surface area contributed by atoms with Crippen LogP contribution in [0.5, 0.6) is 0 Å². The van der Waals surface area contributed by atoms with E-state index in [0.717, 1.165) is 12.8 Å². The van der Waals surface area contributed by atoms with Gasteiger partial charge in [0.2, 0.25) is 5.91 Å². The first kappa shape index (κ1) is 17.1. The lowest BCUT2D eigenvalue weighted by atomic mass is 9.86. The minimum atomic E-state index is -0.428. The third-order valence-electron chi connectivity index (χ3n) is 2.55. The first-order chi connectivity index (χ1) is 6.32. The molecule has 0 fully saturated rings. The molecule has 0 aliphatic heterocycles. The van der Waals surface area contributed by atoms with Crippen LogP contribution in [0.15, 0.2) is 0 Å². The molecule has 0 heterocycles. The lowest BCUT2D eigenvalue weighted by Crippen LogP contribution is -2.51. The van der Waals surface area contributed by atoms with E-state index >= 15 is 0 Å². The molecule has 0 aromatic heterocycles. The third-order valence-corrected chi connectivity index (χ3v) is 2.55. The second-order valence-corrected chi connectivity index (χ2v) is 4.87. The summed E-state index contributed by atoms with van der Waals surface area (Å²) in [6.45, 7) is 10.1. The highest BCUT2D eigenvalue weighted by molar-refractivity contribution is 5.85. The summed E-state index contributed by atoms with van der Waals surface area (Å²) in [5.41, 5.74) is 5.67. The molecule has 0 radical (unpaired) electrons. The minimum absolute atomic E-state index is 0. The molecule has 92 valence electrons. The normalized spacial score (nSPS) is 13.3. The van der Waals surface area contributed by atoms with Crippen molar-refractivity contribution in [1.82, 2.24) is 5.32 Å². The van der Waals surface area contributed by atoms with Gasteiger partial charge in [-0.3, -0.25) is 4.79 Å². The summed E-state index contributed by atoms with van der Waals surface area (Å²) >= 11 is 0. The van der Waals surface area contributed by atoms with Gasteiger partial charge in [0.15, 0.2) is 0 Å². The Bertz CT molecular complexity index is 186. The van der Waals surface area contributed by atoms with Crippen LogP contribution in [0.3, 0.4) is 0 Å². The van der Waals surface area contributed by atoms with E-state index in [0.29, 0.717) is 0 Å². The monoisotopic (exact) mass is 236 g/mol. The predicted octanol–water partition coefficient (Wildman–Crippen LogP) is 2.09. The Labute approximate surface area is 99.6 Å². The fraction of sp³-hybridized carbons (Fsp3) is 0.909. The number of nitrogens with two attached hydrogens (primary N) is 1. The van der Waals surface area contributed by atoms with Crippen molar-refractivity contribution >= 4 is 18.3 Å². The van der Waals surface area contributed by atoms with Gasteiger partial charge in [-0.1, -0.05) is 34.6 Å². The highest BCUT2D eigenvalue weighted by Crippen LogP contribution is 2.17. The topological polar surface area (TPSA) is 55.1 Å². The number of amides is 1. The van der Waals surface area contributed by atoms with Crippen LogP contribution in [0, 0.1) is 5.41 Å². The van der Waals surface area contributed by atoms with E-state index in [1.807, 2.05) is 20.8 Å². The van der Waals surface area contributed by atoms with Crippen LogP contribution in [0.25, 0.3) is 0 Å². The molecule has 0 aliphatic carbocycles. The Morgan fingerprint density at radius 1 is 1.27 bits per heavy atom. The summed E-state index contributed by atoms with van der Waals surface area (Å²) < 4.78 is 0. The first-order valence-corrected chi connectivity index (χ1v) is 5.38. The zero-order valence-corrected chi connectivity index (χ0v) is 11.3. The van der Waals surface area contributed by atoms with Gasteiger partial charge in [-0.25, -0.2) is 0 Å². The molecule has 15 heavy (non-hydrogen) atoms. The van der Waals surface area contributed by atoms with Gasteiger partial charge in [0.1, 0.15) is 0 Å². The molecule has 0 bridgehead atoms. The quantitative estimate of drug-likeness (QED) is 0.786. The van der Waals surface area contributed by atoms with Crippen LogP contribution in [0.1, 0.15) is 47.5 Å². The summed E-state index contributed by atoms with van der Waals surface area (Å²) in [5.74, 6) is -0.0359. The zero-order valence-electron chi connectivity index (χ0n) is 10.5. The highest BCUT2D eigenvalue weighted by Gasteiger charge is 2.28. The lowest BCUT2D eigenvalue weighted by molar-refractivity contribution is -0.125. The predicted molar refractivity (Wildman–Crippen MR) is 67.2 cm³/mol. The fourth-order valence-corrected chi connectivity index (χ4v) is 1.18. The van der Waals surface area contributed by atoms with E-state index in [-0.39, 0.29) is 29.8 Å². The van der Waals surface area contributed by atoms with Crippen molar-refractivity contribution in [3.63, 3.8) is 0 Å². The smallest absolute Gasteiger partial charge is 0.237 e. The van der Waals surface area contributed by atoms with Crippen LogP contribution in [-0.2, 0) is 4.79 Å². The Morgan fingerprint density at radius 2 is 1.67 bits per heavy atom. The lowest BCUT2D eigenvalue weighted by Gasteiger charge is -2.27. The third kappa shape index (κ3) is 6.00. The number of hydrogen-bond acceptors (Lipinski definition) is 2. The standard InChI is InChI=1S/C11H24N2O.ClH/c1-6-8(7-2)13-10(14)9(12)11(3,4)5;/h8-9H,6-7,12H2,1-5H3,(H,13,14);1H/t9-;/m1./s1. The van der Waals surface area contributed by atoms with Gasteiger partial charge < -0.3 is 11.1 Å². The average molecular weight is 237 g/mol. The summed E-state index contributed by atoms with van der Waals surface area (Å²) in [6, 6.07) is -0.168. The maximum atomic E-state index is 11.7. The molecule has 0 saturated carbocycles. The van der Waals surface area contributed by atoms with Gasteiger partial charge in [0, 0.05) is 6.04 Å². The summed E-state index contributed by atoms with van der Waals surface area (Å²) in [7, 11) is 0. The SMILES string of the molecule is CCC(CC)NC(=O)[C@@H](N)C(C)(C)C.Cl. The molecule has 0 spiro atoms. The minimum Gasteiger partial charge on any atom is -0.352 e. The van der Waals surface area contributed by atoms with Crippen molar-refractivity contribution < 1.29 is 4.79 Å². The van der Waals surface area contributed by atoms with Gasteiger partial charge in [-0.05, 0) is 18.3 Å². The molecule has 0 unspecified atom stereocenters. The molecule has 1 amide bonds. The van der Waals surface area contributed by atoms with E-state index in [1.54, 1.807) is 0 Å². The zero-order chi connectivity index (χ0) is 11.4. The van der Waals surface area contributed by atoms with Crippen LogP contribution >= 0.6 is 12.4 Å². The van der Waals surface area contributed by atoms with Crippen molar-refractivity contribution in [2.24, 2.45) is 11.1 Å². The van der Waals surface area contributed by atoms with Crippen LogP contribution in [0.2, 0.25) is 0 Å². The maximum absolute atomic E-state index is 11.7. The molecule has 0 saturated heterocycles. The van der Waals surface area contributed by atoms with Gasteiger partial charge in [0.05, 0.1) is 6.04 Å². The van der Waals surface area contributed by atoms with Crippen molar-refractivity contribution in [2.75, 3.05) is 0 Å². The molecule has 1 atom stereocenters. The van der Waals surface area contributed by atoms with Crippen molar-refractivity contribution in [1.29, 1.82) is 0 Å². The molecule has 0 aromatic rings. The number of halogens is 1. The molecular formula is C11H25ClN2O. The first-order valence-electron chi connectivity index (χ1n) is 5.38. The van der Waals surface area contributed by atoms with Crippen molar-refractivity contribution in [3.8, 4) is 0 Å². The molecule has 0 aromatic carbocycles. The maximum Gasteiger partial charge on any atom is 0.237 e. The molecule has 0 rings (SSSR count). The Hall–Kier alpha value is -0.280. The van der Waals surface area contributed by atoms with E-state index in [4.69, 9.17) is 5.73 Å². The van der Waals surface area contributed by atoms with E-state index in [1.165, 1.54) is 0 Å². The van der Waals surface area contributed by atoms with Gasteiger partial charge >= 0.3 is 0 Å². The number of carbonyl (C=O) groups excluding carboxylic acids is 1. The van der Waals surface area contributed by atoms with Crippen LogP contribution < -0.4 is 11.1 Å². The molecule has 3 N–H and O–H groups in total. The van der Waals surface area contributed by atoms with E-state index in [9.17, 15) is 4.79 Å². The Morgan fingerprint density at radius 3 is 1.93 bits per heavy atom. The highest BCUT2D eigenvalue weighted by atomic mass is 35.5. The second kappa shape index (κ2) is 7.07. The van der Waals surface area contributed by atoms with Gasteiger partial charge in [0.25, 0.3) is 0 Å². The fourth-order valence-electron chi connectivity index (χ4n) is 1.18. The van der Waals surface area contributed by atoms with Crippen molar-refractivity contribution in [2.45, 2.75) is 59.5 Å². The van der Waals surface area contributed by atoms with E-state index < -0.39 is 6.04 Å². The van der Waals surface area contributed by atoms with E-state index in [2.05, 4.69) is 19.2 Å². The Balaban J connectivity index is 0. The molecular weight excluding hydrogens is 212 g/mol. The number of carbonyl (C=O) groups is 1. The molecule has 0 aliphatic rings. The van der Waals surface area contributed by atoms with Crippen molar-refractivity contribution in [3.05, 3.63) is 0 Å². The second-order valence-electron chi connectivity index (χ2n) is 4.87. The molecule has 3 nitrogen and oxygen atoms in total. The van der Waals surface area contributed by atoms with Gasteiger partial charge in [-0.2, -0.15) is 0 Å². The van der Waals surface area contributed by atoms with Gasteiger partial charge in [-0.15, -0.1) is 12.4 Å². The average Bonchev–Trinajstić information content (AvgIpc) is 2.11.